The fraction of sp³-hybridized carbons (Fsp3) is 0.143. The molecule has 1 aromatic heterocycles. The molecule has 0 saturated heterocycles. The number of aliphatic imine (C=N–C) groups is 1. The molecule has 1 N–H and O–H groups in total. The zero-order valence-corrected chi connectivity index (χ0v) is 16.6. The first kappa shape index (κ1) is 19.2. The second kappa shape index (κ2) is 7.59. The molecule has 1 heterocycles. The van der Waals surface area contributed by atoms with Gasteiger partial charge in [-0.25, -0.2) is 4.79 Å². The molecule has 0 radical (unpaired) electrons. The van der Waals surface area contributed by atoms with Gasteiger partial charge in [0, 0.05) is 33.9 Å². The van der Waals surface area contributed by atoms with Gasteiger partial charge in [-0.3, -0.25) is 4.99 Å². The van der Waals surface area contributed by atoms with Gasteiger partial charge in [-0.1, -0.05) is 29.3 Å². The fourth-order valence-electron chi connectivity index (χ4n) is 2.99. The Labute approximate surface area is 167 Å². The Bertz CT molecular complexity index is 1070. The number of rotatable bonds is 4. The van der Waals surface area contributed by atoms with E-state index in [2.05, 4.69) is 4.99 Å². The summed E-state index contributed by atoms with van der Waals surface area (Å²) in [7, 11) is 0. The average molecular weight is 401 g/mol. The van der Waals surface area contributed by atoms with E-state index in [4.69, 9.17) is 23.2 Å². The van der Waals surface area contributed by atoms with Gasteiger partial charge in [0.2, 0.25) is 0 Å². The van der Waals surface area contributed by atoms with Crippen LogP contribution >= 0.6 is 23.2 Å². The molecule has 0 aliphatic heterocycles. The van der Waals surface area contributed by atoms with Crippen molar-refractivity contribution in [2.75, 3.05) is 0 Å². The van der Waals surface area contributed by atoms with Gasteiger partial charge in [-0.2, -0.15) is 0 Å². The third kappa shape index (κ3) is 3.92. The van der Waals surface area contributed by atoms with Crippen molar-refractivity contribution in [3.8, 4) is 5.69 Å². The molecule has 0 aliphatic carbocycles. The molecule has 3 aromatic rings. The number of aromatic nitrogens is 1. The number of nitrogens with zero attached hydrogens (tertiary/aromatic N) is 2. The predicted octanol–water partition coefficient (Wildman–Crippen LogP) is 6.16. The van der Waals surface area contributed by atoms with Gasteiger partial charge in [0.1, 0.15) is 0 Å². The van der Waals surface area contributed by atoms with Gasteiger partial charge in [-0.15, -0.1) is 0 Å². The van der Waals surface area contributed by atoms with E-state index in [0.29, 0.717) is 5.02 Å². The molecule has 4 nitrogen and oxygen atoms in total. The van der Waals surface area contributed by atoms with Crippen LogP contribution in [0.15, 0.2) is 47.5 Å². The highest BCUT2D eigenvalue weighted by Crippen LogP contribution is 2.26. The van der Waals surface area contributed by atoms with Crippen LogP contribution in [0.1, 0.15) is 32.9 Å². The SMILES string of the molecule is Cc1ccc(Cl)cc1N=Cc1cc(C)n(-c2ccc(Cl)c(C(=O)O)c2)c1C. The number of hydrogen-bond acceptors (Lipinski definition) is 2. The molecule has 0 saturated carbocycles. The van der Waals surface area contributed by atoms with Crippen molar-refractivity contribution < 1.29 is 9.90 Å². The number of hydrogen-bond donors (Lipinski definition) is 1. The quantitative estimate of drug-likeness (QED) is 0.533. The third-order valence-electron chi connectivity index (χ3n) is 4.42. The van der Waals surface area contributed by atoms with Crippen LogP contribution in [-0.4, -0.2) is 21.9 Å². The molecule has 0 atom stereocenters. The Hall–Kier alpha value is -2.56. The summed E-state index contributed by atoms with van der Waals surface area (Å²) in [6.07, 6.45) is 1.80. The Morgan fingerprint density at radius 3 is 2.52 bits per heavy atom. The average Bonchev–Trinajstić information content (AvgIpc) is 2.90. The van der Waals surface area contributed by atoms with E-state index in [9.17, 15) is 9.90 Å². The fourth-order valence-corrected chi connectivity index (χ4v) is 3.36. The summed E-state index contributed by atoms with van der Waals surface area (Å²) in [6, 6.07) is 12.6. The summed E-state index contributed by atoms with van der Waals surface area (Å²) in [5.41, 5.74) is 5.53. The van der Waals surface area contributed by atoms with Gasteiger partial charge in [0.15, 0.2) is 0 Å². The number of aryl methyl sites for hydroxylation is 2. The molecule has 3 rings (SSSR count). The first-order chi connectivity index (χ1) is 12.8. The zero-order valence-electron chi connectivity index (χ0n) is 15.1. The van der Waals surface area contributed by atoms with Crippen LogP contribution in [0.2, 0.25) is 10.0 Å². The van der Waals surface area contributed by atoms with Crippen molar-refractivity contribution in [1.29, 1.82) is 0 Å². The molecule has 0 amide bonds. The van der Waals surface area contributed by atoms with Crippen LogP contribution in [0.4, 0.5) is 5.69 Å². The lowest BCUT2D eigenvalue weighted by atomic mass is 10.2. The summed E-state index contributed by atoms with van der Waals surface area (Å²) >= 11 is 12.0. The first-order valence-corrected chi connectivity index (χ1v) is 9.06. The molecule has 0 bridgehead atoms. The molecule has 6 heteroatoms. The van der Waals surface area contributed by atoms with E-state index in [0.717, 1.165) is 33.9 Å². The molecule has 0 spiro atoms. The monoisotopic (exact) mass is 400 g/mol. The highest BCUT2D eigenvalue weighted by molar-refractivity contribution is 6.33. The highest BCUT2D eigenvalue weighted by atomic mass is 35.5. The molecule has 0 fully saturated rings. The summed E-state index contributed by atoms with van der Waals surface area (Å²) in [6.45, 7) is 5.91. The van der Waals surface area contributed by atoms with Crippen molar-refractivity contribution >= 4 is 41.1 Å². The Morgan fingerprint density at radius 1 is 1.07 bits per heavy atom. The minimum Gasteiger partial charge on any atom is -0.478 e. The number of aromatic carboxylic acids is 1. The van der Waals surface area contributed by atoms with Crippen molar-refractivity contribution in [3.05, 3.63) is 80.6 Å². The maximum atomic E-state index is 11.4. The lowest BCUT2D eigenvalue weighted by Crippen LogP contribution is -2.03. The Balaban J connectivity index is 2.03. The third-order valence-corrected chi connectivity index (χ3v) is 4.99. The largest absolute Gasteiger partial charge is 0.478 e. The number of carbonyl (C=O) groups is 1. The Morgan fingerprint density at radius 2 is 1.81 bits per heavy atom. The molecule has 27 heavy (non-hydrogen) atoms. The minimum absolute atomic E-state index is 0.0754. The standard InChI is InChI=1S/C21H18Cl2N2O2/c1-12-4-5-16(22)9-20(12)24-11-15-8-13(2)25(14(15)3)17-6-7-19(23)18(10-17)21(26)27/h4-11H,1-3H3,(H,26,27). The van der Waals surface area contributed by atoms with E-state index >= 15 is 0 Å². The van der Waals surface area contributed by atoms with Crippen molar-refractivity contribution in [2.24, 2.45) is 4.99 Å². The number of carboxylic acid groups (broad SMARTS) is 1. The molecular formula is C21H18Cl2N2O2. The second-order valence-electron chi connectivity index (χ2n) is 6.32. The van der Waals surface area contributed by atoms with Crippen LogP contribution in [0.3, 0.4) is 0 Å². The summed E-state index contributed by atoms with van der Waals surface area (Å²) < 4.78 is 1.98. The van der Waals surface area contributed by atoms with E-state index in [1.165, 1.54) is 0 Å². The molecule has 0 unspecified atom stereocenters. The van der Waals surface area contributed by atoms with E-state index in [1.54, 1.807) is 24.4 Å². The summed E-state index contributed by atoms with van der Waals surface area (Å²) in [5, 5.41) is 10.2. The Kier molecular flexibility index (Phi) is 5.40. The van der Waals surface area contributed by atoms with Crippen LogP contribution in [-0.2, 0) is 0 Å². The minimum atomic E-state index is -1.05. The first-order valence-electron chi connectivity index (χ1n) is 8.30. The number of carboxylic acids is 1. The maximum Gasteiger partial charge on any atom is 0.337 e. The lowest BCUT2D eigenvalue weighted by Gasteiger charge is -2.11. The van der Waals surface area contributed by atoms with Crippen LogP contribution in [0.5, 0.6) is 0 Å². The molecular weight excluding hydrogens is 383 g/mol. The van der Waals surface area contributed by atoms with E-state index in [-0.39, 0.29) is 10.6 Å². The number of benzene rings is 2. The highest BCUT2D eigenvalue weighted by Gasteiger charge is 2.14. The lowest BCUT2D eigenvalue weighted by molar-refractivity contribution is 0.0697. The van der Waals surface area contributed by atoms with Gasteiger partial charge in [-0.05, 0) is 62.7 Å². The van der Waals surface area contributed by atoms with E-state index in [1.807, 2.05) is 49.6 Å². The normalized spacial score (nSPS) is 11.3. The summed E-state index contributed by atoms with van der Waals surface area (Å²) in [5.74, 6) is -1.05. The molecule has 138 valence electrons. The van der Waals surface area contributed by atoms with Gasteiger partial charge < -0.3 is 9.67 Å². The second-order valence-corrected chi connectivity index (χ2v) is 7.16. The van der Waals surface area contributed by atoms with Gasteiger partial charge in [0.25, 0.3) is 0 Å². The van der Waals surface area contributed by atoms with Crippen molar-refractivity contribution in [3.63, 3.8) is 0 Å². The maximum absolute atomic E-state index is 11.4. The van der Waals surface area contributed by atoms with Crippen molar-refractivity contribution in [1.82, 2.24) is 4.57 Å². The topological polar surface area (TPSA) is 54.6 Å². The van der Waals surface area contributed by atoms with Crippen LogP contribution < -0.4 is 0 Å². The van der Waals surface area contributed by atoms with Crippen LogP contribution in [0, 0.1) is 20.8 Å². The summed E-state index contributed by atoms with van der Waals surface area (Å²) in [4.78, 5) is 15.9. The molecule has 0 aliphatic rings. The smallest absolute Gasteiger partial charge is 0.337 e. The predicted molar refractivity (Wildman–Crippen MR) is 111 cm³/mol. The zero-order chi connectivity index (χ0) is 19.7. The molecule has 2 aromatic carbocycles. The van der Waals surface area contributed by atoms with Gasteiger partial charge >= 0.3 is 5.97 Å². The van der Waals surface area contributed by atoms with Crippen LogP contribution in [0.25, 0.3) is 5.69 Å². The number of halogens is 2. The van der Waals surface area contributed by atoms with E-state index < -0.39 is 5.97 Å². The van der Waals surface area contributed by atoms with Gasteiger partial charge in [0.05, 0.1) is 16.3 Å². The van der Waals surface area contributed by atoms with Crippen molar-refractivity contribution in [2.45, 2.75) is 20.8 Å².